The molecule has 284 valence electrons. The number of fused-ring (bicyclic) bond motifs is 14. The van der Waals surface area contributed by atoms with Crippen molar-refractivity contribution >= 4 is 59.3 Å². The molecule has 0 bridgehead atoms. The van der Waals surface area contributed by atoms with Gasteiger partial charge in [-0.2, -0.15) is 0 Å². The zero-order valence-electron chi connectivity index (χ0n) is 33.2. The van der Waals surface area contributed by atoms with Crippen molar-refractivity contribution in [2.24, 2.45) is 0 Å². The Morgan fingerprint density at radius 3 is 1.59 bits per heavy atom. The van der Waals surface area contributed by atoms with Crippen LogP contribution in [0.1, 0.15) is 22.3 Å². The third kappa shape index (κ3) is 4.94. The molecule has 2 heteroatoms. The van der Waals surface area contributed by atoms with Crippen LogP contribution in [0.5, 0.6) is 0 Å². The maximum absolute atomic E-state index is 2.49. The van der Waals surface area contributed by atoms with Gasteiger partial charge in [0.15, 0.2) is 0 Å². The van der Waals surface area contributed by atoms with Gasteiger partial charge in [-0.05, 0) is 120 Å². The minimum absolute atomic E-state index is 0.433. The molecule has 0 saturated carbocycles. The number of hydrogen-bond acceptors (Lipinski definition) is 2. The van der Waals surface area contributed by atoms with Gasteiger partial charge >= 0.3 is 0 Å². The number of rotatable bonds is 5. The second-order valence-corrected chi connectivity index (χ2v) is 17.4. The Bertz CT molecular complexity index is 3490. The van der Waals surface area contributed by atoms with Crippen LogP contribution in [0.3, 0.4) is 0 Å². The van der Waals surface area contributed by atoms with E-state index in [0.717, 1.165) is 17.1 Å². The van der Waals surface area contributed by atoms with Crippen molar-refractivity contribution in [3.8, 4) is 44.5 Å². The van der Waals surface area contributed by atoms with Crippen molar-refractivity contribution < 1.29 is 0 Å². The van der Waals surface area contributed by atoms with Crippen LogP contribution < -0.4 is 4.90 Å². The van der Waals surface area contributed by atoms with Gasteiger partial charge in [0.1, 0.15) is 0 Å². The topological polar surface area (TPSA) is 3.24 Å². The maximum atomic E-state index is 2.49. The van der Waals surface area contributed by atoms with Gasteiger partial charge in [-0.15, -0.1) is 11.3 Å². The normalized spacial score (nSPS) is 13.0. The average molecular weight is 792 g/mol. The first kappa shape index (κ1) is 34.4. The van der Waals surface area contributed by atoms with E-state index >= 15 is 0 Å². The standard InChI is InChI=1S/C59H37NS/c1-2-18-44-38(14-1)15-12-23-45(44)39-30-32-41(33-31-39)60(42-17-11-16-40(36-42)46-24-13-25-52-51-22-6-10-29-57(51)61-58(46)52)43-34-35-50-49-21-5-9-28-55(49)59(56(50)37-43)53-26-7-3-19-47(53)48-20-4-8-27-54(48)59/h1-37H. The second kappa shape index (κ2) is 13.2. The van der Waals surface area contributed by atoms with Gasteiger partial charge < -0.3 is 4.90 Å². The Morgan fingerprint density at radius 2 is 0.836 bits per heavy atom. The van der Waals surface area contributed by atoms with Crippen molar-refractivity contribution in [1.29, 1.82) is 0 Å². The largest absolute Gasteiger partial charge is 0.310 e. The highest BCUT2D eigenvalue weighted by Crippen LogP contribution is 2.63. The molecule has 0 amide bonds. The van der Waals surface area contributed by atoms with Crippen LogP contribution in [-0.2, 0) is 5.41 Å². The van der Waals surface area contributed by atoms with E-state index in [4.69, 9.17) is 0 Å². The summed E-state index contributed by atoms with van der Waals surface area (Å²) in [6, 6.07) is 83.5. The highest BCUT2D eigenvalue weighted by molar-refractivity contribution is 7.26. The molecule has 0 aliphatic heterocycles. The number of thiophene rings is 1. The Kier molecular flexibility index (Phi) is 7.46. The quantitative estimate of drug-likeness (QED) is 0.168. The summed E-state index contributed by atoms with van der Waals surface area (Å²) in [4.78, 5) is 2.46. The molecule has 10 aromatic carbocycles. The zero-order valence-corrected chi connectivity index (χ0v) is 34.0. The second-order valence-electron chi connectivity index (χ2n) is 16.4. The van der Waals surface area contributed by atoms with Gasteiger partial charge in [-0.3, -0.25) is 0 Å². The van der Waals surface area contributed by atoms with Gasteiger partial charge in [-0.25, -0.2) is 0 Å². The molecule has 61 heavy (non-hydrogen) atoms. The molecule has 0 N–H and O–H groups in total. The Labute approximate surface area is 359 Å². The van der Waals surface area contributed by atoms with Crippen LogP contribution in [-0.4, -0.2) is 0 Å². The summed E-state index contributed by atoms with van der Waals surface area (Å²) >= 11 is 1.88. The molecule has 0 saturated heterocycles. The summed E-state index contributed by atoms with van der Waals surface area (Å²) in [5, 5.41) is 5.14. The molecule has 1 spiro atoms. The molecule has 0 radical (unpaired) electrons. The summed E-state index contributed by atoms with van der Waals surface area (Å²) in [6.45, 7) is 0. The van der Waals surface area contributed by atoms with E-state index < -0.39 is 5.41 Å². The number of anilines is 3. The highest BCUT2D eigenvalue weighted by Gasteiger charge is 2.51. The minimum atomic E-state index is -0.433. The van der Waals surface area contributed by atoms with Crippen LogP contribution in [0, 0.1) is 0 Å². The molecule has 1 heterocycles. The Morgan fingerprint density at radius 1 is 0.311 bits per heavy atom. The molecule has 0 fully saturated rings. The van der Waals surface area contributed by atoms with Crippen molar-refractivity contribution in [2.75, 3.05) is 4.90 Å². The lowest BCUT2D eigenvalue weighted by molar-refractivity contribution is 0.793. The fraction of sp³-hybridized carbons (Fsp3) is 0.0169. The summed E-state index contributed by atoms with van der Waals surface area (Å²) in [5.74, 6) is 0. The van der Waals surface area contributed by atoms with E-state index in [9.17, 15) is 0 Å². The monoisotopic (exact) mass is 791 g/mol. The predicted octanol–water partition coefficient (Wildman–Crippen LogP) is 16.4. The average Bonchev–Trinajstić information content (AvgIpc) is 3.96. The lowest BCUT2D eigenvalue weighted by Gasteiger charge is -2.32. The smallest absolute Gasteiger partial charge is 0.0726 e. The number of nitrogens with zero attached hydrogens (tertiary/aromatic N) is 1. The number of hydrogen-bond donors (Lipinski definition) is 0. The van der Waals surface area contributed by atoms with Gasteiger partial charge in [0.2, 0.25) is 0 Å². The summed E-state index contributed by atoms with van der Waals surface area (Å²) in [6.07, 6.45) is 0. The first-order valence-corrected chi connectivity index (χ1v) is 21.9. The first-order chi connectivity index (χ1) is 30.3. The van der Waals surface area contributed by atoms with Crippen molar-refractivity contribution in [1.82, 2.24) is 0 Å². The van der Waals surface area contributed by atoms with Crippen molar-refractivity contribution in [3.05, 3.63) is 247 Å². The van der Waals surface area contributed by atoms with Crippen LogP contribution >= 0.6 is 11.3 Å². The lowest BCUT2D eigenvalue weighted by Crippen LogP contribution is -2.26. The van der Waals surface area contributed by atoms with E-state index in [-0.39, 0.29) is 0 Å². The lowest BCUT2D eigenvalue weighted by atomic mass is 9.70. The fourth-order valence-corrected chi connectivity index (χ4v) is 12.0. The molecule has 11 aromatic rings. The number of benzene rings is 10. The molecular weight excluding hydrogens is 755 g/mol. The minimum Gasteiger partial charge on any atom is -0.310 e. The van der Waals surface area contributed by atoms with Crippen molar-refractivity contribution in [3.63, 3.8) is 0 Å². The Balaban J connectivity index is 1.03. The van der Waals surface area contributed by atoms with Crippen LogP contribution in [0.4, 0.5) is 17.1 Å². The molecular formula is C59H37NS. The summed E-state index contributed by atoms with van der Waals surface area (Å²) < 4.78 is 2.64. The molecule has 2 aliphatic carbocycles. The third-order valence-corrected chi connectivity index (χ3v) is 14.5. The van der Waals surface area contributed by atoms with Crippen molar-refractivity contribution in [2.45, 2.75) is 5.41 Å². The van der Waals surface area contributed by atoms with Crippen LogP contribution in [0.15, 0.2) is 224 Å². The van der Waals surface area contributed by atoms with E-state index in [1.807, 2.05) is 11.3 Å². The van der Waals surface area contributed by atoms with Gasteiger partial charge in [0.05, 0.1) is 5.41 Å². The third-order valence-electron chi connectivity index (χ3n) is 13.3. The predicted molar refractivity (Wildman–Crippen MR) is 259 cm³/mol. The fourth-order valence-electron chi connectivity index (χ4n) is 10.7. The highest BCUT2D eigenvalue weighted by atomic mass is 32.1. The van der Waals surface area contributed by atoms with E-state index in [1.54, 1.807) is 0 Å². The van der Waals surface area contributed by atoms with Crippen LogP contribution in [0.2, 0.25) is 0 Å². The van der Waals surface area contributed by atoms with E-state index in [0.29, 0.717) is 0 Å². The molecule has 13 rings (SSSR count). The van der Waals surface area contributed by atoms with Gasteiger partial charge in [-0.1, -0.05) is 182 Å². The van der Waals surface area contributed by atoms with Crippen LogP contribution in [0.25, 0.3) is 75.5 Å². The summed E-state index contributed by atoms with van der Waals surface area (Å²) in [5.41, 5.74) is 18.4. The summed E-state index contributed by atoms with van der Waals surface area (Å²) in [7, 11) is 0. The first-order valence-electron chi connectivity index (χ1n) is 21.1. The molecule has 1 nitrogen and oxygen atoms in total. The molecule has 0 atom stereocenters. The molecule has 2 aliphatic rings. The Hall–Kier alpha value is -7.52. The van der Waals surface area contributed by atoms with Gasteiger partial charge in [0.25, 0.3) is 0 Å². The maximum Gasteiger partial charge on any atom is 0.0726 e. The van der Waals surface area contributed by atoms with E-state index in [2.05, 4.69) is 229 Å². The SMILES string of the molecule is c1cc(-c2cccc3c2sc2ccccc23)cc(N(c2ccc(-c3cccc4ccccc34)cc2)c2ccc3c(c2)C2(c4ccccc4-c4ccccc42)c2ccccc2-3)c1. The molecule has 0 unspecified atom stereocenters. The molecule has 1 aromatic heterocycles. The van der Waals surface area contributed by atoms with Gasteiger partial charge in [0, 0.05) is 37.2 Å². The zero-order chi connectivity index (χ0) is 40.1. The van der Waals surface area contributed by atoms with E-state index in [1.165, 1.54) is 97.7 Å².